The molecular formula is C22H23ClN4O2. The molecule has 1 aliphatic rings. The molecule has 1 aliphatic heterocycles. The van der Waals surface area contributed by atoms with Crippen molar-refractivity contribution < 1.29 is 4.79 Å². The molecule has 0 saturated heterocycles. The van der Waals surface area contributed by atoms with Crippen LogP contribution in [0.2, 0.25) is 5.02 Å². The van der Waals surface area contributed by atoms with E-state index in [1.807, 2.05) is 31.2 Å². The summed E-state index contributed by atoms with van der Waals surface area (Å²) in [6.07, 6.45) is 1.19. The van der Waals surface area contributed by atoms with Crippen LogP contribution in [-0.2, 0) is 6.42 Å². The molecule has 7 heteroatoms. The lowest BCUT2D eigenvalue weighted by atomic mass is 9.79. The highest BCUT2D eigenvalue weighted by Gasteiger charge is 2.38. The fraction of sp³-hybridized carbons (Fsp3) is 0.318. The standard InChI is InChI=1S/C22H23ClN4O2/c1-21(2,11-18-24-16-7-5-4-6-14(16)19(28)25-18)12-22(3)26-17-9-8-13(23)10-15(17)20(29)27-22/h4-10,26H,11-12H2,1-3H3,(H,27,29)(H,24,25,28). The van der Waals surface area contributed by atoms with Gasteiger partial charge in [0.25, 0.3) is 11.5 Å². The van der Waals surface area contributed by atoms with Crippen molar-refractivity contribution in [3.63, 3.8) is 0 Å². The van der Waals surface area contributed by atoms with E-state index in [2.05, 4.69) is 34.4 Å². The summed E-state index contributed by atoms with van der Waals surface area (Å²) in [4.78, 5) is 32.5. The zero-order valence-electron chi connectivity index (χ0n) is 16.6. The van der Waals surface area contributed by atoms with E-state index in [1.54, 1.807) is 18.2 Å². The molecule has 0 saturated carbocycles. The second-order valence-electron chi connectivity index (χ2n) is 8.65. The summed E-state index contributed by atoms with van der Waals surface area (Å²) in [6.45, 7) is 6.15. The lowest BCUT2D eigenvalue weighted by Gasteiger charge is -2.42. The molecule has 0 radical (unpaired) electrons. The fourth-order valence-corrected chi connectivity index (χ4v) is 4.41. The second kappa shape index (κ2) is 6.88. The number of amides is 1. The van der Waals surface area contributed by atoms with Crippen LogP contribution in [0.4, 0.5) is 5.69 Å². The van der Waals surface area contributed by atoms with Gasteiger partial charge in [-0.05, 0) is 49.1 Å². The molecule has 0 aliphatic carbocycles. The molecule has 1 amide bonds. The van der Waals surface area contributed by atoms with Crippen LogP contribution < -0.4 is 16.2 Å². The first-order chi connectivity index (χ1) is 13.6. The van der Waals surface area contributed by atoms with Crippen LogP contribution in [0.25, 0.3) is 10.9 Å². The number of hydrogen-bond donors (Lipinski definition) is 3. The number of hydrogen-bond acceptors (Lipinski definition) is 4. The Morgan fingerprint density at radius 3 is 2.66 bits per heavy atom. The van der Waals surface area contributed by atoms with Gasteiger partial charge in [0.05, 0.1) is 16.5 Å². The van der Waals surface area contributed by atoms with Crippen molar-refractivity contribution in [3.8, 4) is 0 Å². The highest BCUT2D eigenvalue weighted by atomic mass is 35.5. The van der Waals surface area contributed by atoms with E-state index in [0.29, 0.717) is 40.2 Å². The Bertz CT molecular complexity index is 1170. The topological polar surface area (TPSA) is 86.9 Å². The van der Waals surface area contributed by atoms with Crippen LogP contribution in [0, 0.1) is 5.41 Å². The summed E-state index contributed by atoms with van der Waals surface area (Å²) in [6, 6.07) is 12.6. The molecule has 0 fully saturated rings. The summed E-state index contributed by atoms with van der Waals surface area (Å²) in [5, 5.41) is 7.59. The number of halogens is 1. The van der Waals surface area contributed by atoms with E-state index < -0.39 is 5.66 Å². The maximum Gasteiger partial charge on any atom is 0.258 e. The average Bonchev–Trinajstić information content (AvgIpc) is 2.61. The van der Waals surface area contributed by atoms with Gasteiger partial charge in [-0.3, -0.25) is 9.59 Å². The molecule has 2 heterocycles. The lowest BCUT2D eigenvalue weighted by molar-refractivity contribution is 0.0880. The zero-order valence-corrected chi connectivity index (χ0v) is 17.4. The monoisotopic (exact) mass is 410 g/mol. The minimum Gasteiger partial charge on any atom is -0.362 e. The molecule has 1 aromatic heterocycles. The normalized spacial score (nSPS) is 18.8. The van der Waals surface area contributed by atoms with Gasteiger partial charge in [0, 0.05) is 17.1 Å². The number of nitrogens with one attached hydrogen (secondary N) is 3. The molecule has 1 unspecified atom stereocenters. The number of para-hydroxylation sites is 1. The van der Waals surface area contributed by atoms with Crippen LogP contribution in [0.1, 0.15) is 43.4 Å². The first-order valence-electron chi connectivity index (χ1n) is 9.52. The number of rotatable bonds is 4. The molecule has 29 heavy (non-hydrogen) atoms. The summed E-state index contributed by atoms with van der Waals surface area (Å²) < 4.78 is 0. The quantitative estimate of drug-likeness (QED) is 0.604. The van der Waals surface area contributed by atoms with Crippen LogP contribution in [0.3, 0.4) is 0 Å². The van der Waals surface area contributed by atoms with E-state index >= 15 is 0 Å². The molecule has 3 aromatic rings. The predicted octanol–water partition coefficient (Wildman–Crippen LogP) is 4.11. The molecular weight excluding hydrogens is 388 g/mol. The van der Waals surface area contributed by atoms with Gasteiger partial charge in [-0.15, -0.1) is 0 Å². The Morgan fingerprint density at radius 1 is 1.10 bits per heavy atom. The number of carbonyl (C=O) groups is 1. The van der Waals surface area contributed by atoms with Crippen LogP contribution in [0.5, 0.6) is 0 Å². The number of fused-ring (bicyclic) bond motifs is 2. The predicted molar refractivity (Wildman–Crippen MR) is 115 cm³/mol. The first-order valence-corrected chi connectivity index (χ1v) is 9.90. The third-order valence-corrected chi connectivity index (χ3v) is 5.40. The molecule has 1 atom stereocenters. The molecule has 3 N–H and O–H groups in total. The maximum atomic E-state index is 12.6. The number of H-pyrrole nitrogens is 1. The van der Waals surface area contributed by atoms with E-state index in [1.165, 1.54) is 0 Å². The van der Waals surface area contributed by atoms with Crippen molar-refractivity contribution in [2.45, 2.75) is 39.3 Å². The van der Waals surface area contributed by atoms with E-state index in [9.17, 15) is 9.59 Å². The smallest absolute Gasteiger partial charge is 0.258 e. The van der Waals surface area contributed by atoms with Crippen molar-refractivity contribution >= 4 is 34.1 Å². The van der Waals surface area contributed by atoms with Gasteiger partial charge in [-0.2, -0.15) is 0 Å². The fourth-order valence-electron chi connectivity index (χ4n) is 4.24. The Kier molecular flexibility index (Phi) is 4.62. The van der Waals surface area contributed by atoms with Gasteiger partial charge < -0.3 is 15.6 Å². The summed E-state index contributed by atoms with van der Waals surface area (Å²) in [7, 11) is 0. The number of carbonyl (C=O) groups excluding carboxylic acids is 1. The van der Waals surface area contributed by atoms with Crippen LogP contribution >= 0.6 is 11.6 Å². The average molecular weight is 411 g/mol. The number of aromatic amines is 1. The highest BCUT2D eigenvalue weighted by molar-refractivity contribution is 6.31. The van der Waals surface area contributed by atoms with Gasteiger partial charge in [-0.25, -0.2) is 4.98 Å². The van der Waals surface area contributed by atoms with Gasteiger partial charge in [-0.1, -0.05) is 37.6 Å². The Morgan fingerprint density at radius 2 is 1.86 bits per heavy atom. The number of nitrogens with zero attached hydrogens (tertiary/aromatic N) is 1. The number of anilines is 1. The molecule has 0 bridgehead atoms. The zero-order chi connectivity index (χ0) is 20.8. The Balaban J connectivity index is 1.58. The van der Waals surface area contributed by atoms with Gasteiger partial charge in [0.1, 0.15) is 11.5 Å². The Labute approximate surface area is 173 Å². The van der Waals surface area contributed by atoms with Crippen LogP contribution in [-0.4, -0.2) is 21.5 Å². The molecule has 6 nitrogen and oxygen atoms in total. The van der Waals surface area contributed by atoms with Crippen molar-refractivity contribution in [2.24, 2.45) is 5.41 Å². The number of benzene rings is 2. The minimum absolute atomic E-state index is 0.137. The lowest BCUT2D eigenvalue weighted by Crippen LogP contribution is -2.57. The van der Waals surface area contributed by atoms with Crippen molar-refractivity contribution in [3.05, 3.63) is 69.2 Å². The van der Waals surface area contributed by atoms with Gasteiger partial charge >= 0.3 is 0 Å². The highest BCUT2D eigenvalue weighted by Crippen LogP contribution is 2.35. The maximum absolute atomic E-state index is 12.6. The molecule has 0 spiro atoms. The third-order valence-electron chi connectivity index (χ3n) is 5.17. The molecule has 4 rings (SSSR count). The molecule has 150 valence electrons. The first kappa shape index (κ1) is 19.5. The van der Waals surface area contributed by atoms with Crippen molar-refractivity contribution in [2.75, 3.05) is 5.32 Å². The third kappa shape index (κ3) is 3.98. The number of aromatic nitrogens is 2. The summed E-state index contributed by atoms with van der Waals surface area (Å²) in [5.41, 5.74) is 0.947. The summed E-state index contributed by atoms with van der Waals surface area (Å²) in [5.74, 6) is 0.480. The van der Waals surface area contributed by atoms with E-state index in [-0.39, 0.29) is 16.9 Å². The van der Waals surface area contributed by atoms with Gasteiger partial charge in [0.15, 0.2) is 0 Å². The minimum atomic E-state index is -0.640. The Hall–Kier alpha value is -2.86. The second-order valence-corrected chi connectivity index (χ2v) is 9.09. The van der Waals surface area contributed by atoms with Crippen molar-refractivity contribution in [1.82, 2.24) is 15.3 Å². The van der Waals surface area contributed by atoms with Crippen LogP contribution in [0.15, 0.2) is 47.3 Å². The van der Waals surface area contributed by atoms with E-state index in [4.69, 9.17) is 11.6 Å². The SMILES string of the molecule is CC(C)(Cc1nc2ccccc2c(=O)[nH]1)CC1(C)NC(=O)c2cc(Cl)ccc2N1. The van der Waals surface area contributed by atoms with Crippen molar-refractivity contribution in [1.29, 1.82) is 0 Å². The van der Waals surface area contributed by atoms with Gasteiger partial charge in [0.2, 0.25) is 0 Å². The van der Waals surface area contributed by atoms with E-state index in [0.717, 1.165) is 5.69 Å². The summed E-state index contributed by atoms with van der Waals surface area (Å²) >= 11 is 6.02. The largest absolute Gasteiger partial charge is 0.362 e. The molecule has 2 aromatic carbocycles.